The number of nitrogens with zero attached hydrogens (tertiary/aromatic N) is 3. The van der Waals surface area contributed by atoms with Crippen LogP contribution in [0.4, 0.5) is 0 Å². The highest BCUT2D eigenvalue weighted by Crippen LogP contribution is 2.25. The van der Waals surface area contributed by atoms with Gasteiger partial charge in [-0.1, -0.05) is 35.5 Å². The molecule has 0 fully saturated rings. The molecule has 1 amide bonds. The second-order valence-corrected chi connectivity index (χ2v) is 6.55. The summed E-state index contributed by atoms with van der Waals surface area (Å²) in [6.45, 7) is 4.59. The van der Waals surface area contributed by atoms with Gasteiger partial charge < -0.3 is 14.6 Å². The van der Waals surface area contributed by atoms with E-state index in [0.717, 1.165) is 0 Å². The Bertz CT molecular complexity index is 677. The molecule has 0 saturated heterocycles. The number of hydrogen-bond donors (Lipinski definition) is 1. The van der Waals surface area contributed by atoms with E-state index >= 15 is 0 Å². The molecule has 2 aromatic rings. The first-order chi connectivity index (χ1) is 11.0. The summed E-state index contributed by atoms with van der Waals surface area (Å²) < 4.78 is 7.48. The monoisotopic (exact) mass is 354 g/mol. The van der Waals surface area contributed by atoms with Crippen molar-refractivity contribution >= 4 is 29.3 Å². The Morgan fingerprint density at radius 3 is 2.87 bits per heavy atom. The Hall–Kier alpha value is -1.73. The van der Waals surface area contributed by atoms with Crippen LogP contribution in [0.2, 0.25) is 5.02 Å². The molecular formula is C15H19ClN4O2S. The van der Waals surface area contributed by atoms with Crippen LogP contribution in [-0.4, -0.2) is 32.5 Å². The van der Waals surface area contributed by atoms with Gasteiger partial charge in [-0.2, -0.15) is 0 Å². The molecule has 124 valence electrons. The average Bonchev–Trinajstić information content (AvgIpc) is 2.87. The summed E-state index contributed by atoms with van der Waals surface area (Å²) in [4.78, 5) is 11.8. The van der Waals surface area contributed by atoms with Gasteiger partial charge in [-0.05, 0) is 26.0 Å². The van der Waals surface area contributed by atoms with E-state index < -0.39 is 0 Å². The highest BCUT2D eigenvalue weighted by molar-refractivity contribution is 8.00. The van der Waals surface area contributed by atoms with Gasteiger partial charge in [-0.15, -0.1) is 10.2 Å². The summed E-state index contributed by atoms with van der Waals surface area (Å²) in [5.41, 5.74) is 0. The van der Waals surface area contributed by atoms with Gasteiger partial charge in [0.15, 0.2) is 11.0 Å². The zero-order valence-corrected chi connectivity index (χ0v) is 14.8. The summed E-state index contributed by atoms with van der Waals surface area (Å²) in [5, 5.41) is 12.0. The lowest BCUT2D eigenvalue weighted by Gasteiger charge is -2.11. The van der Waals surface area contributed by atoms with E-state index in [0.29, 0.717) is 28.3 Å². The van der Waals surface area contributed by atoms with Gasteiger partial charge >= 0.3 is 0 Å². The zero-order chi connectivity index (χ0) is 16.8. The van der Waals surface area contributed by atoms with Crippen LogP contribution in [0.5, 0.6) is 5.75 Å². The van der Waals surface area contributed by atoms with Crippen molar-refractivity contribution in [2.24, 2.45) is 7.05 Å². The smallest absolute Gasteiger partial charge is 0.233 e. The maximum Gasteiger partial charge on any atom is 0.233 e. The molecule has 1 aromatic carbocycles. The zero-order valence-electron chi connectivity index (χ0n) is 13.2. The van der Waals surface area contributed by atoms with Crippen LogP contribution in [0.15, 0.2) is 29.4 Å². The normalized spacial score (nSPS) is 12.0. The number of ether oxygens (including phenoxy) is 1. The minimum atomic E-state index is -0.241. The van der Waals surface area contributed by atoms with Crippen LogP contribution < -0.4 is 10.1 Å². The predicted molar refractivity (Wildman–Crippen MR) is 90.8 cm³/mol. The molecular weight excluding hydrogens is 336 g/mol. The van der Waals surface area contributed by atoms with Crippen LogP contribution in [0.25, 0.3) is 0 Å². The molecule has 0 saturated carbocycles. The molecule has 6 nitrogen and oxygen atoms in total. The Balaban J connectivity index is 1.99. The van der Waals surface area contributed by atoms with Crippen molar-refractivity contribution < 1.29 is 9.53 Å². The fourth-order valence-corrected chi connectivity index (χ4v) is 2.86. The van der Waals surface area contributed by atoms with E-state index in [9.17, 15) is 4.79 Å². The predicted octanol–water partition coefficient (Wildman–Crippen LogP) is 2.66. The fraction of sp³-hybridized carbons (Fsp3) is 0.400. The van der Waals surface area contributed by atoms with E-state index in [4.69, 9.17) is 16.3 Å². The summed E-state index contributed by atoms with van der Waals surface area (Å²) in [6.07, 6.45) is 0. The highest BCUT2D eigenvalue weighted by Gasteiger charge is 2.18. The second-order valence-electron chi connectivity index (χ2n) is 4.83. The van der Waals surface area contributed by atoms with E-state index in [1.807, 2.05) is 37.6 Å². The van der Waals surface area contributed by atoms with Gasteiger partial charge in [-0.25, -0.2) is 0 Å². The SMILES string of the molecule is CCNC(=O)[C@@H](C)Sc1nnc(COc2ccccc2Cl)n1C. The summed E-state index contributed by atoms with van der Waals surface area (Å²) in [7, 11) is 1.85. The molecule has 0 spiro atoms. The van der Waals surface area contributed by atoms with Crippen molar-refractivity contribution in [1.82, 2.24) is 20.1 Å². The number of benzene rings is 1. The lowest BCUT2D eigenvalue weighted by Crippen LogP contribution is -2.30. The molecule has 1 atom stereocenters. The molecule has 1 aromatic heterocycles. The van der Waals surface area contributed by atoms with E-state index in [1.165, 1.54) is 11.8 Å². The van der Waals surface area contributed by atoms with Crippen molar-refractivity contribution in [3.8, 4) is 5.75 Å². The van der Waals surface area contributed by atoms with Crippen LogP contribution in [0.3, 0.4) is 0 Å². The fourth-order valence-electron chi connectivity index (χ4n) is 1.81. The van der Waals surface area contributed by atoms with E-state index in [1.54, 1.807) is 12.1 Å². The Morgan fingerprint density at radius 1 is 1.43 bits per heavy atom. The van der Waals surface area contributed by atoms with Crippen molar-refractivity contribution in [1.29, 1.82) is 0 Å². The number of rotatable bonds is 7. The Kier molecular flexibility index (Phi) is 6.29. The number of para-hydroxylation sites is 1. The maximum atomic E-state index is 11.8. The minimum absolute atomic E-state index is 0.0191. The lowest BCUT2D eigenvalue weighted by molar-refractivity contribution is -0.120. The van der Waals surface area contributed by atoms with E-state index in [-0.39, 0.29) is 17.8 Å². The lowest BCUT2D eigenvalue weighted by atomic mass is 10.3. The molecule has 2 rings (SSSR count). The minimum Gasteiger partial charge on any atom is -0.484 e. The molecule has 0 unspecified atom stereocenters. The summed E-state index contributed by atoms with van der Waals surface area (Å²) >= 11 is 7.41. The number of thioether (sulfide) groups is 1. The molecule has 8 heteroatoms. The average molecular weight is 355 g/mol. The largest absolute Gasteiger partial charge is 0.484 e. The van der Waals surface area contributed by atoms with Gasteiger partial charge in [0.05, 0.1) is 10.3 Å². The quantitative estimate of drug-likeness (QED) is 0.774. The van der Waals surface area contributed by atoms with Gasteiger partial charge in [0, 0.05) is 13.6 Å². The standard InChI is InChI=1S/C15H19ClN4O2S/c1-4-17-14(21)10(2)23-15-19-18-13(20(15)3)9-22-12-8-6-5-7-11(12)16/h5-8,10H,4,9H2,1-3H3,(H,17,21)/t10-/m1/s1. The second kappa shape index (κ2) is 8.21. The third-order valence-corrected chi connectivity index (χ3v) is 4.57. The van der Waals surface area contributed by atoms with E-state index in [2.05, 4.69) is 15.5 Å². The highest BCUT2D eigenvalue weighted by atomic mass is 35.5. The topological polar surface area (TPSA) is 69.0 Å². The number of hydrogen-bond acceptors (Lipinski definition) is 5. The Labute approximate surface area is 144 Å². The van der Waals surface area contributed by atoms with Crippen LogP contribution in [0, 0.1) is 0 Å². The number of carbonyl (C=O) groups is 1. The van der Waals surface area contributed by atoms with Gasteiger partial charge in [0.2, 0.25) is 5.91 Å². The molecule has 23 heavy (non-hydrogen) atoms. The maximum absolute atomic E-state index is 11.8. The molecule has 0 radical (unpaired) electrons. The van der Waals surface area contributed by atoms with Crippen LogP contribution in [0.1, 0.15) is 19.7 Å². The molecule has 0 aliphatic carbocycles. The number of amides is 1. The molecule has 1 N–H and O–H groups in total. The summed E-state index contributed by atoms with van der Waals surface area (Å²) in [5.74, 6) is 1.24. The van der Waals surface area contributed by atoms with Crippen LogP contribution in [-0.2, 0) is 18.4 Å². The number of carbonyl (C=O) groups excluding carboxylic acids is 1. The van der Waals surface area contributed by atoms with Crippen molar-refractivity contribution in [3.63, 3.8) is 0 Å². The molecule has 0 aliphatic heterocycles. The molecule has 1 heterocycles. The van der Waals surface area contributed by atoms with Gasteiger partial charge in [0.1, 0.15) is 12.4 Å². The number of halogens is 1. The van der Waals surface area contributed by atoms with Crippen LogP contribution >= 0.6 is 23.4 Å². The van der Waals surface area contributed by atoms with Crippen molar-refractivity contribution in [2.45, 2.75) is 30.9 Å². The third-order valence-electron chi connectivity index (χ3n) is 3.12. The summed E-state index contributed by atoms with van der Waals surface area (Å²) in [6, 6.07) is 7.26. The van der Waals surface area contributed by atoms with Gasteiger partial charge in [-0.3, -0.25) is 4.79 Å². The first-order valence-corrected chi connectivity index (χ1v) is 8.48. The van der Waals surface area contributed by atoms with Gasteiger partial charge in [0.25, 0.3) is 0 Å². The molecule has 0 bridgehead atoms. The first-order valence-electron chi connectivity index (χ1n) is 7.22. The first kappa shape index (κ1) is 17.6. The molecule has 0 aliphatic rings. The number of aromatic nitrogens is 3. The Morgan fingerprint density at radius 2 is 2.17 bits per heavy atom. The van der Waals surface area contributed by atoms with Crippen molar-refractivity contribution in [2.75, 3.05) is 6.54 Å². The van der Waals surface area contributed by atoms with Crippen molar-refractivity contribution in [3.05, 3.63) is 35.1 Å². The number of nitrogens with one attached hydrogen (secondary N) is 1. The third kappa shape index (κ3) is 4.62.